The van der Waals surface area contributed by atoms with Gasteiger partial charge in [-0.25, -0.2) is 0 Å². The quantitative estimate of drug-likeness (QED) is 0.603. The standard InChI is InChI=1S/C18H16ClN/c19-18(16-5-2-1-3-6-16)10-9-14-7-4-8-15-11-12-20-13-17(14)15/h1-8,11-13,18H,9-10H2. The van der Waals surface area contributed by atoms with Crippen molar-refractivity contribution < 1.29 is 0 Å². The van der Waals surface area contributed by atoms with Crippen molar-refractivity contribution in [3.63, 3.8) is 0 Å². The molecule has 0 N–H and O–H groups in total. The molecule has 1 nitrogen and oxygen atoms in total. The molecular weight excluding hydrogens is 266 g/mol. The second-order valence-electron chi connectivity index (χ2n) is 4.93. The zero-order chi connectivity index (χ0) is 13.8. The van der Waals surface area contributed by atoms with Gasteiger partial charge in [0.1, 0.15) is 0 Å². The second-order valence-corrected chi connectivity index (χ2v) is 5.46. The molecule has 0 radical (unpaired) electrons. The number of aryl methyl sites for hydroxylation is 1. The molecule has 100 valence electrons. The molecule has 0 fully saturated rings. The third kappa shape index (κ3) is 2.83. The number of nitrogens with zero attached hydrogens (tertiary/aromatic N) is 1. The number of alkyl halides is 1. The van der Waals surface area contributed by atoms with Crippen LogP contribution in [0.15, 0.2) is 67.0 Å². The van der Waals surface area contributed by atoms with E-state index in [0.717, 1.165) is 12.8 Å². The Labute approximate surface area is 124 Å². The summed E-state index contributed by atoms with van der Waals surface area (Å²) in [6.07, 6.45) is 5.67. The molecule has 3 rings (SSSR count). The van der Waals surface area contributed by atoms with Crippen molar-refractivity contribution >= 4 is 22.4 Å². The fraction of sp³-hybridized carbons (Fsp3) is 0.167. The highest BCUT2D eigenvalue weighted by atomic mass is 35.5. The predicted octanol–water partition coefficient (Wildman–Crippen LogP) is 5.15. The highest BCUT2D eigenvalue weighted by Gasteiger charge is 2.08. The van der Waals surface area contributed by atoms with Crippen LogP contribution in [-0.2, 0) is 6.42 Å². The first-order chi connectivity index (χ1) is 9.84. The van der Waals surface area contributed by atoms with Crippen LogP contribution in [0, 0.1) is 0 Å². The lowest BCUT2D eigenvalue weighted by molar-refractivity contribution is 0.797. The lowest BCUT2D eigenvalue weighted by atomic mass is 9.99. The summed E-state index contributed by atoms with van der Waals surface area (Å²) in [6, 6.07) is 18.7. The molecule has 1 heterocycles. The monoisotopic (exact) mass is 281 g/mol. The molecule has 1 aromatic heterocycles. The third-order valence-corrected chi connectivity index (χ3v) is 4.07. The molecule has 20 heavy (non-hydrogen) atoms. The summed E-state index contributed by atoms with van der Waals surface area (Å²) in [4.78, 5) is 4.23. The van der Waals surface area contributed by atoms with Crippen LogP contribution in [0.2, 0.25) is 0 Å². The van der Waals surface area contributed by atoms with Crippen molar-refractivity contribution in [1.29, 1.82) is 0 Å². The van der Waals surface area contributed by atoms with Gasteiger partial charge in [0.05, 0.1) is 5.38 Å². The van der Waals surface area contributed by atoms with E-state index in [2.05, 4.69) is 35.3 Å². The van der Waals surface area contributed by atoms with Gasteiger partial charge < -0.3 is 0 Å². The predicted molar refractivity (Wildman–Crippen MR) is 85.1 cm³/mol. The van der Waals surface area contributed by atoms with Gasteiger partial charge in [-0.15, -0.1) is 11.6 Å². The summed E-state index contributed by atoms with van der Waals surface area (Å²) >= 11 is 6.49. The smallest absolute Gasteiger partial charge is 0.0588 e. The molecule has 0 aliphatic rings. The van der Waals surface area contributed by atoms with Crippen LogP contribution in [0.5, 0.6) is 0 Å². The number of rotatable bonds is 4. The Morgan fingerprint density at radius 2 is 1.80 bits per heavy atom. The molecule has 3 aromatic rings. The average molecular weight is 282 g/mol. The van der Waals surface area contributed by atoms with Gasteiger partial charge in [0.25, 0.3) is 0 Å². The van der Waals surface area contributed by atoms with E-state index in [9.17, 15) is 0 Å². The molecule has 0 bridgehead atoms. The number of halogens is 1. The SMILES string of the molecule is ClC(CCc1cccc2ccncc12)c1ccccc1. The van der Waals surface area contributed by atoms with E-state index in [0.29, 0.717) is 0 Å². The number of fused-ring (bicyclic) bond motifs is 1. The minimum atomic E-state index is 0.0585. The molecule has 2 heteroatoms. The number of pyridine rings is 1. The number of benzene rings is 2. The molecule has 0 saturated carbocycles. The van der Waals surface area contributed by atoms with Crippen LogP contribution in [-0.4, -0.2) is 4.98 Å². The number of hydrogen-bond acceptors (Lipinski definition) is 1. The molecule has 2 aromatic carbocycles. The fourth-order valence-corrected chi connectivity index (χ4v) is 2.76. The minimum absolute atomic E-state index is 0.0585. The molecule has 1 atom stereocenters. The molecular formula is C18H16ClN. The zero-order valence-electron chi connectivity index (χ0n) is 11.2. The first kappa shape index (κ1) is 13.1. The van der Waals surface area contributed by atoms with Crippen LogP contribution in [0.25, 0.3) is 10.8 Å². The van der Waals surface area contributed by atoms with Crippen LogP contribution >= 0.6 is 11.6 Å². The molecule has 0 aliphatic heterocycles. The molecule has 1 unspecified atom stereocenters. The van der Waals surface area contributed by atoms with Crippen molar-refractivity contribution in [3.8, 4) is 0 Å². The van der Waals surface area contributed by atoms with Gasteiger partial charge in [-0.05, 0) is 35.4 Å². The van der Waals surface area contributed by atoms with Gasteiger partial charge >= 0.3 is 0 Å². The van der Waals surface area contributed by atoms with E-state index in [4.69, 9.17) is 11.6 Å². The first-order valence-corrected chi connectivity index (χ1v) is 7.29. The van der Waals surface area contributed by atoms with Gasteiger partial charge in [-0.3, -0.25) is 4.98 Å². The van der Waals surface area contributed by atoms with E-state index in [1.165, 1.54) is 21.9 Å². The van der Waals surface area contributed by atoms with E-state index in [1.54, 1.807) is 0 Å². The largest absolute Gasteiger partial charge is 0.264 e. The van der Waals surface area contributed by atoms with Crippen molar-refractivity contribution in [1.82, 2.24) is 4.98 Å². The van der Waals surface area contributed by atoms with E-state index < -0.39 is 0 Å². The van der Waals surface area contributed by atoms with E-state index >= 15 is 0 Å². The Morgan fingerprint density at radius 3 is 2.65 bits per heavy atom. The Morgan fingerprint density at radius 1 is 0.950 bits per heavy atom. The van der Waals surface area contributed by atoms with Gasteiger partial charge in [-0.2, -0.15) is 0 Å². The summed E-state index contributed by atoms with van der Waals surface area (Å²) in [5, 5.41) is 2.53. The summed E-state index contributed by atoms with van der Waals surface area (Å²) in [6.45, 7) is 0. The molecule has 0 amide bonds. The molecule has 0 aliphatic carbocycles. The summed E-state index contributed by atoms with van der Waals surface area (Å²) in [5.41, 5.74) is 2.50. The fourth-order valence-electron chi connectivity index (χ4n) is 2.51. The topological polar surface area (TPSA) is 12.9 Å². The summed E-state index contributed by atoms with van der Waals surface area (Å²) in [5.74, 6) is 0. The normalized spacial score (nSPS) is 12.4. The Kier molecular flexibility index (Phi) is 3.98. The van der Waals surface area contributed by atoms with Crippen LogP contribution < -0.4 is 0 Å². The van der Waals surface area contributed by atoms with Gasteiger partial charge in [0.15, 0.2) is 0 Å². The molecule has 0 spiro atoms. The molecule has 0 saturated heterocycles. The zero-order valence-corrected chi connectivity index (χ0v) is 11.9. The van der Waals surface area contributed by atoms with E-state index in [-0.39, 0.29) is 5.38 Å². The maximum Gasteiger partial charge on any atom is 0.0588 e. The van der Waals surface area contributed by atoms with Gasteiger partial charge in [-0.1, -0.05) is 48.5 Å². The van der Waals surface area contributed by atoms with E-state index in [1.807, 2.05) is 36.7 Å². The Hall–Kier alpha value is -1.86. The average Bonchev–Trinajstić information content (AvgIpc) is 2.53. The highest BCUT2D eigenvalue weighted by molar-refractivity contribution is 6.20. The van der Waals surface area contributed by atoms with Gasteiger partial charge in [0, 0.05) is 17.8 Å². The minimum Gasteiger partial charge on any atom is -0.264 e. The van der Waals surface area contributed by atoms with Crippen LogP contribution in [0.1, 0.15) is 22.9 Å². The Balaban J connectivity index is 1.77. The lowest BCUT2D eigenvalue weighted by Crippen LogP contribution is -1.95. The van der Waals surface area contributed by atoms with Crippen LogP contribution in [0.3, 0.4) is 0 Å². The Bertz CT molecular complexity index is 689. The van der Waals surface area contributed by atoms with Gasteiger partial charge in [0.2, 0.25) is 0 Å². The van der Waals surface area contributed by atoms with Crippen molar-refractivity contribution in [2.75, 3.05) is 0 Å². The number of hydrogen-bond donors (Lipinski definition) is 0. The number of aromatic nitrogens is 1. The maximum absolute atomic E-state index is 6.49. The third-order valence-electron chi connectivity index (χ3n) is 3.60. The first-order valence-electron chi connectivity index (χ1n) is 6.85. The second kappa shape index (κ2) is 6.06. The highest BCUT2D eigenvalue weighted by Crippen LogP contribution is 2.27. The van der Waals surface area contributed by atoms with Crippen molar-refractivity contribution in [2.45, 2.75) is 18.2 Å². The van der Waals surface area contributed by atoms with Crippen molar-refractivity contribution in [2.24, 2.45) is 0 Å². The lowest BCUT2D eigenvalue weighted by Gasteiger charge is -2.11. The summed E-state index contributed by atoms with van der Waals surface area (Å²) < 4.78 is 0. The van der Waals surface area contributed by atoms with Crippen LogP contribution in [0.4, 0.5) is 0 Å². The van der Waals surface area contributed by atoms with Crippen molar-refractivity contribution in [3.05, 3.63) is 78.1 Å². The maximum atomic E-state index is 6.49. The summed E-state index contributed by atoms with van der Waals surface area (Å²) in [7, 11) is 0.